The van der Waals surface area contributed by atoms with E-state index in [-0.39, 0.29) is 0 Å². The van der Waals surface area contributed by atoms with Crippen LogP contribution in [0.3, 0.4) is 0 Å². The molecule has 0 bridgehead atoms. The SMILES string of the molecule is Cc1ccc2c(c1)c1cc(C)ccc1n2-c1cc(-n2c(-c3ccccc3)nc3ccccc32)cc(-n2c(-c3ccccc3)nc3ccccc32)c1. The molecule has 0 unspecified atom stereocenters. The molecule has 0 N–H and O–H groups in total. The number of hydrogen-bond acceptors (Lipinski definition) is 2. The lowest BCUT2D eigenvalue weighted by atomic mass is 10.1. The fraction of sp³-hybridized carbons (Fsp3) is 0.0435. The molecule has 10 rings (SSSR count). The van der Waals surface area contributed by atoms with Gasteiger partial charge in [-0.25, -0.2) is 9.97 Å². The number of rotatable bonds is 5. The molecule has 242 valence electrons. The second-order valence-corrected chi connectivity index (χ2v) is 13.3. The number of imidazole rings is 2. The number of para-hydroxylation sites is 4. The van der Waals surface area contributed by atoms with Crippen LogP contribution < -0.4 is 0 Å². The van der Waals surface area contributed by atoms with E-state index in [1.54, 1.807) is 0 Å². The Kier molecular flexibility index (Phi) is 6.55. The second kappa shape index (κ2) is 11.4. The fourth-order valence-electron chi connectivity index (χ4n) is 7.63. The van der Waals surface area contributed by atoms with Gasteiger partial charge in [-0.15, -0.1) is 0 Å². The van der Waals surface area contributed by atoms with Crippen LogP contribution in [0.25, 0.3) is 83.7 Å². The molecule has 5 heteroatoms. The molecule has 10 aromatic rings. The van der Waals surface area contributed by atoms with Crippen LogP contribution in [0.5, 0.6) is 0 Å². The first kappa shape index (κ1) is 29.2. The normalized spacial score (nSPS) is 11.7. The Balaban J connectivity index is 1.35. The van der Waals surface area contributed by atoms with Gasteiger partial charge in [0.15, 0.2) is 0 Å². The van der Waals surface area contributed by atoms with Crippen molar-refractivity contribution in [3.63, 3.8) is 0 Å². The third-order valence-electron chi connectivity index (χ3n) is 9.92. The molecule has 0 spiro atoms. The molecular weight excluding hydrogens is 623 g/mol. The van der Waals surface area contributed by atoms with Crippen molar-refractivity contribution in [3.05, 3.63) is 175 Å². The Morgan fingerprint density at radius 3 is 1.20 bits per heavy atom. The number of fused-ring (bicyclic) bond motifs is 5. The van der Waals surface area contributed by atoms with Crippen molar-refractivity contribution in [2.45, 2.75) is 13.8 Å². The van der Waals surface area contributed by atoms with E-state index in [4.69, 9.17) is 9.97 Å². The minimum absolute atomic E-state index is 0.896. The molecular formula is C46H33N5. The van der Waals surface area contributed by atoms with E-state index >= 15 is 0 Å². The highest BCUT2D eigenvalue weighted by atomic mass is 15.1. The molecule has 0 aliphatic heterocycles. The molecule has 3 heterocycles. The zero-order valence-corrected chi connectivity index (χ0v) is 28.3. The third kappa shape index (κ3) is 4.70. The predicted molar refractivity (Wildman–Crippen MR) is 210 cm³/mol. The topological polar surface area (TPSA) is 40.6 Å². The van der Waals surface area contributed by atoms with Crippen molar-refractivity contribution in [3.8, 4) is 39.8 Å². The summed E-state index contributed by atoms with van der Waals surface area (Å²) in [6, 6.07) is 58.2. The first-order chi connectivity index (χ1) is 25.1. The van der Waals surface area contributed by atoms with Crippen LogP contribution in [0.2, 0.25) is 0 Å². The van der Waals surface area contributed by atoms with Gasteiger partial charge >= 0.3 is 0 Å². The molecule has 51 heavy (non-hydrogen) atoms. The van der Waals surface area contributed by atoms with Gasteiger partial charge in [0, 0.05) is 21.9 Å². The zero-order chi connectivity index (χ0) is 34.1. The van der Waals surface area contributed by atoms with Crippen molar-refractivity contribution in [2.75, 3.05) is 0 Å². The quantitative estimate of drug-likeness (QED) is 0.185. The highest BCUT2D eigenvalue weighted by Gasteiger charge is 2.21. The second-order valence-electron chi connectivity index (χ2n) is 13.3. The summed E-state index contributed by atoms with van der Waals surface area (Å²) in [6.45, 7) is 4.34. The lowest BCUT2D eigenvalue weighted by Crippen LogP contribution is -2.05. The average Bonchev–Trinajstić information content (AvgIpc) is 3.85. The summed E-state index contributed by atoms with van der Waals surface area (Å²) in [4.78, 5) is 10.4. The largest absolute Gasteiger partial charge is 0.309 e. The van der Waals surface area contributed by atoms with Crippen molar-refractivity contribution in [1.82, 2.24) is 23.7 Å². The van der Waals surface area contributed by atoms with E-state index in [0.29, 0.717) is 0 Å². The number of nitrogens with zero attached hydrogens (tertiary/aromatic N) is 5. The van der Waals surface area contributed by atoms with E-state index in [2.05, 4.69) is 191 Å². The smallest absolute Gasteiger partial charge is 0.145 e. The van der Waals surface area contributed by atoms with Crippen molar-refractivity contribution < 1.29 is 0 Å². The maximum absolute atomic E-state index is 5.22. The third-order valence-corrected chi connectivity index (χ3v) is 9.92. The molecule has 0 atom stereocenters. The summed E-state index contributed by atoms with van der Waals surface area (Å²) in [7, 11) is 0. The summed E-state index contributed by atoms with van der Waals surface area (Å²) >= 11 is 0. The molecule has 0 aliphatic rings. The number of aryl methyl sites for hydroxylation is 2. The fourth-order valence-corrected chi connectivity index (χ4v) is 7.63. The molecule has 0 saturated carbocycles. The summed E-state index contributed by atoms with van der Waals surface area (Å²) in [5.41, 5.74) is 14.0. The standard InChI is InChI=1S/C46H33N5/c1-30-21-23-41-37(25-30)38-26-31(2)22-24-42(38)49(41)34-27-35(50-43-19-11-9-17-39(43)47-45(50)32-13-5-3-6-14-32)29-36(28-34)51-44-20-12-10-18-40(44)48-46(51)33-15-7-4-8-16-33/h3-29H,1-2H3. The van der Waals surface area contributed by atoms with Crippen LogP contribution in [0.4, 0.5) is 0 Å². The predicted octanol–water partition coefficient (Wildman–Crippen LogP) is 11.4. The Hall–Kier alpha value is -6.72. The molecule has 5 nitrogen and oxygen atoms in total. The van der Waals surface area contributed by atoms with Gasteiger partial charge in [-0.1, -0.05) is 108 Å². The molecule has 0 fully saturated rings. The van der Waals surface area contributed by atoms with E-state index in [9.17, 15) is 0 Å². The van der Waals surface area contributed by atoms with E-state index in [1.807, 2.05) is 0 Å². The van der Waals surface area contributed by atoms with Gasteiger partial charge in [-0.05, 0) is 80.6 Å². The Labute approximate surface area is 295 Å². The summed E-state index contributed by atoms with van der Waals surface area (Å²) < 4.78 is 7.03. The molecule has 0 amide bonds. The van der Waals surface area contributed by atoms with Crippen LogP contribution in [-0.4, -0.2) is 23.7 Å². The highest BCUT2D eigenvalue weighted by Crippen LogP contribution is 2.38. The highest BCUT2D eigenvalue weighted by molar-refractivity contribution is 6.10. The molecule has 0 aliphatic carbocycles. The molecule has 0 saturated heterocycles. The van der Waals surface area contributed by atoms with Gasteiger partial charge in [0.1, 0.15) is 11.6 Å². The minimum atomic E-state index is 0.896. The first-order valence-corrected chi connectivity index (χ1v) is 17.3. The van der Waals surface area contributed by atoms with Gasteiger partial charge in [-0.2, -0.15) is 0 Å². The molecule has 7 aromatic carbocycles. The van der Waals surface area contributed by atoms with E-state index < -0.39 is 0 Å². The van der Waals surface area contributed by atoms with Crippen LogP contribution in [0, 0.1) is 13.8 Å². The summed E-state index contributed by atoms with van der Waals surface area (Å²) in [5, 5.41) is 2.49. The van der Waals surface area contributed by atoms with Crippen molar-refractivity contribution in [1.29, 1.82) is 0 Å². The Morgan fingerprint density at radius 1 is 0.353 bits per heavy atom. The van der Waals surface area contributed by atoms with Crippen molar-refractivity contribution in [2.24, 2.45) is 0 Å². The lowest BCUT2D eigenvalue weighted by molar-refractivity contribution is 1.05. The zero-order valence-electron chi connectivity index (χ0n) is 28.3. The van der Waals surface area contributed by atoms with Gasteiger partial charge in [0.25, 0.3) is 0 Å². The Bertz CT molecular complexity index is 2730. The summed E-state index contributed by atoms with van der Waals surface area (Å²) in [6.07, 6.45) is 0. The number of hydrogen-bond donors (Lipinski definition) is 0. The maximum atomic E-state index is 5.22. The van der Waals surface area contributed by atoms with Crippen LogP contribution in [0.15, 0.2) is 164 Å². The molecule has 0 radical (unpaired) electrons. The first-order valence-electron chi connectivity index (χ1n) is 17.3. The van der Waals surface area contributed by atoms with Gasteiger partial charge in [-0.3, -0.25) is 9.13 Å². The monoisotopic (exact) mass is 655 g/mol. The van der Waals surface area contributed by atoms with Gasteiger partial charge < -0.3 is 4.57 Å². The maximum Gasteiger partial charge on any atom is 0.145 e. The van der Waals surface area contributed by atoms with Crippen LogP contribution in [0.1, 0.15) is 11.1 Å². The van der Waals surface area contributed by atoms with E-state index in [0.717, 1.165) is 61.9 Å². The van der Waals surface area contributed by atoms with Crippen LogP contribution in [-0.2, 0) is 0 Å². The minimum Gasteiger partial charge on any atom is -0.309 e. The van der Waals surface area contributed by atoms with Crippen molar-refractivity contribution >= 4 is 43.9 Å². The summed E-state index contributed by atoms with van der Waals surface area (Å²) in [5.74, 6) is 1.79. The average molecular weight is 656 g/mol. The van der Waals surface area contributed by atoms with E-state index in [1.165, 1.54) is 32.9 Å². The number of benzene rings is 7. The van der Waals surface area contributed by atoms with Crippen LogP contribution >= 0.6 is 0 Å². The Morgan fingerprint density at radius 2 is 0.745 bits per heavy atom. The lowest BCUT2D eigenvalue weighted by Gasteiger charge is -2.18. The van der Waals surface area contributed by atoms with Gasteiger partial charge in [0.2, 0.25) is 0 Å². The number of aromatic nitrogens is 5. The van der Waals surface area contributed by atoms with Gasteiger partial charge in [0.05, 0.1) is 50.2 Å². The molecule has 3 aromatic heterocycles.